The van der Waals surface area contributed by atoms with Crippen LogP contribution in [-0.4, -0.2) is 12.4 Å². The minimum absolute atomic E-state index is 0.268. The van der Waals surface area contributed by atoms with Crippen molar-refractivity contribution in [1.29, 1.82) is 0 Å². The fourth-order valence-corrected chi connectivity index (χ4v) is 2.37. The van der Waals surface area contributed by atoms with Crippen LogP contribution >= 0.6 is 0 Å². The van der Waals surface area contributed by atoms with Crippen molar-refractivity contribution in [2.75, 3.05) is 6.61 Å². The standard InChI is InChI=1S/C14H14O2/c15-13-4-2-1-3-12(13)11-6-5-10-7-8-16-14(10)9-11/h3,5-6,9H,1-2,4,7-8H2. The van der Waals surface area contributed by atoms with Crippen LogP contribution in [0.25, 0.3) is 5.57 Å². The van der Waals surface area contributed by atoms with Crippen LogP contribution in [-0.2, 0) is 11.2 Å². The third-order valence-electron chi connectivity index (χ3n) is 3.26. The van der Waals surface area contributed by atoms with Gasteiger partial charge in [-0.3, -0.25) is 4.79 Å². The Balaban J connectivity index is 2.00. The van der Waals surface area contributed by atoms with Gasteiger partial charge in [-0.15, -0.1) is 0 Å². The first-order chi connectivity index (χ1) is 7.84. The van der Waals surface area contributed by atoms with Gasteiger partial charge < -0.3 is 4.74 Å². The number of allylic oxidation sites excluding steroid dienone is 2. The van der Waals surface area contributed by atoms with E-state index in [4.69, 9.17) is 4.74 Å². The van der Waals surface area contributed by atoms with E-state index in [1.165, 1.54) is 5.56 Å². The molecule has 0 N–H and O–H groups in total. The van der Waals surface area contributed by atoms with Crippen LogP contribution < -0.4 is 4.74 Å². The summed E-state index contributed by atoms with van der Waals surface area (Å²) in [5.41, 5.74) is 3.16. The van der Waals surface area contributed by atoms with Crippen molar-refractivity contribution < 1.29 is 9.53 Å². The lowest BCUT2D eigenvalue weighted by atomic mass is 9.92. The third kappa shape index (κ3) is 1.54. The van der Waals surface area contributed by atoms with Gasteiger partial charge in [-0.2, -0.15) is 0 Å². The van der Waals surface area contributed by atoms with Gasteiger partial charge in [0.2, 0.25) is 0 Å². The Hall–Kier alpha value is -1.57. The molecule has 0 unspecified atom stereocenters. The Morgan fingerprint density at radius 3 is 3.00 bits per heavy atom. The van der Waals surface area contributed by atoms with Crippen molar-refractivity contribution in [3.8, 4) is 5.75 Å². The predicted octanol–water partition coefficient (Wildman–Crippen LogP) is 2.76. The first kappa shape index (κ1) is 9.64. The molecule has 1 aromatic rings. The Kier molecular flexibility index (Phi) is 2.28. The Bertz CT molecular complexity index is 472. The molecular weight excluding hydrogens is 200 g/mol. The highest BCUT2D eigenvalue weighted by molar-refractivity contribution is 6.21. The Morgan fingerprint density at radius 1 is 1.19 bits per heavy atom. The van der Waals surface area contributed by atoms with Gasteiger partial charge in [0, 0.05) is 18.4 Å². The SMILES string of the molecule is O=C1CCCC=C1c1ccc2c(c1)OCC2. The van der Waals surface area contributed by atoms with Crippen molar-refractivity contribution in [3.63, 3.8) is 0 Å². The summed E-state index contributed by atoms with van der Waals surface area (Å²) in [6.45, 7) is 0.770. The lowest BCUT2D eigenvalue weighted by Crippen LogP contribution is -2.06. The van der Waals surface area contributed by atoms with Gasteiger partial charge in [0.05, 0.1) is 6.61 Å². The molecule has 0 amide bonds. The van der Waals surface area contributed by atoms with Gasteiger partial charge in [0.1, 0.15) is 5.75 Å². The van der Waals surface area contributed by atoms with E-state index < -0.39 is 0 Å². The highest BCUT2D eigenvalue weighted by Crippen LogP contribution is 2.31. The van der Waals surface area contributed by atoms with E-state index in [1.807, 2.05) is 12.1 Å². The van der Waals surface area contributed by atoms with Gasteiger partial charge in [-0.05, 0) is 30.0 Å². The average molecular weight is 214 g/mol. The van der Waals surface area contributed by atoms with Gasteiger partial charge in [0.25, 0.3) is 0 Å². The first-order valence-electron chi connectivity index (χ1n) is 5.84. The maximum atomic E-state index is 11.8. The second-order valence-electron chi connectivity index (χ2n) is 4.35. The Morgan fingerprint density at radius 2 is 2.12 bits per heavy atom. The molecule has 16 heavy (non-hydrogen) atoms. The van der Waals surface area contributed by atoms with Crippen LogP contribution in [0.5, 0.6) is 5.75 Å². The number of carbonyl (C=O) groups excluding carboxylic acids is 1. The molecule has 1 heterocycles. The second-order valence-corrected chi connectivity index (χ2v) is 4.35. The molecule has 2 nitrogen and oxygen atoms in total. The van der Waals surface area contributed by atoms with E-state index in [0.717, 1.165) is 42.8 Å². The third-order valence-corrected chi connectivity index (χ3v) is 3.26. The minimum atomic E-state index is 0.268. The molecule has 0 fully saturated rings. The summed E-state index contributed by atoms with van der Waals surface area (Å²) < 4.78 is 5.53. The highest BCUT2D eigenvalue weighted by Gasteiger charge is 2.18. The smallest absolute Gasteiger partial charge is 0.163 e. The number of Topliss-reactive ketones (excluding diaryl/α,β-unsaturated/α-hetero) is 1. The summed E-state index contributed by atoms with van der Waals surface area (Å²) in [6, 6.07) is 6.14. The van der Waals surface area contributed by atoms with Crippen LogP contribution in [0.3, 0.4) is 0 Å². The largest absolute Gasteiger partial charge is 0.493 e. The zero-order valence-electron chi connectivity index (χ0n) is 9.16. The number of hydrogen-bond donors (Lipinski definition) is 0. The van der Waals surface area contributed by atoms with Gasteiger partial charge >= 0.3 is 0 Å². The fraction of sp³-hybridized carbons (Fsp3) is 0.357. The molecule has 1 aromatic carbocycles. The molecule has 1 aliphatic heterocycles. The van der Waals surface area contributed by atoms with E-state index >= 15 is 0 Å². The maximum Gasteiger partial charge on any atom is 0.163 e. The number of carbonyl (C=O) groups is 1. The fourth-order valence-electron chi connectivity index (χ4n) is 2.37. The molecule has 0 bridgehead atoms. The molecule has 82 valence electrons. The summed E-state index contributed by atoms with van der Waals surface area (Å²) in [6.07, 6.45) is 5.73. The van der Waals surface area contributed by atoms with Crippen molar-refractivity contribution in [3.05, 3.63) is 35.4 Å². The quantitative estimate of drug-likeness (QED) is 0.718. The topological polar surface area (TPSA) is 26.3 Å². The normalized spacial score (nSPS) is 19.0. The molecule has 0 atom stereocenters. The monoisotopic (exact) mass is 214 g/mol. The molecule has 0 saturated heterocycles. The van der Waals surface area contributed by atoms with E-state index in [0.29, 0.717) is 6.42 Å². The summed E-state index contributed by atoms with van der Waals surface area (Å²) >= 11 is 0. The second kappa shape index (κ2) is 3.78. The minimum Gasteiger partial charge on any atom is -0.493 e. The van der Waals surface area contributed by atoms with Crippen molar-refractivity contribution in [1.82, 2.24) is 0 Å². The van der Waals surface area contributed by atoms with E-state index in [1.54, 1.807) is 0 Å². The Labute approximate surface area is 94.9 Å². The molecule has 3 rings (SSSR count). The first-order valence-corrected chi connectivity index (χ1v) is 5.84. The van der Waals surface area contributed by atoms with Crippen LogP contribution in [0, 0.1) is 0 Å². The summed E-state index contributed by atoms with van der Waals surface area (Å²) in [5.74, 6) is 1.22. The molecule has 2 heteroatoms. The van der Waals surface area contributed by atoms with E-state index in [-0.39, 0.29) is 5.78 Å². The molecule has 2 aliphatic rings. The lowest BCUT2D eigenvalue weighted by Gasteiger charge is -2.12. The molecular formula is C14H14O2. The molecule has 0 spiro atoms. The van der Waals surface area contributed by atoms with Crippen LogP contribution in [0.2, 0.25) is 0 Å². The summed E-state index contributed by atoms with van der Waals surface area (Å²) in [4.78, 5) is 11.8. The number of hydrogen-bond acceptors (Lipinski definition) is 2. The number of rotatable bonds is 1. The molecule has 0 aromatic heterocycles. The highest BCUT2D eigenvalue weighted by atomic mass is 16.5. The van der Waals surface area contributed by atoms with Crippen LogP contribution in [0.15, 0.2) is 24.3 Å². The van der Waals surface area contributed by atoms with Crippen molar-refractivity contribution >= 4 is 11.4 Å². The molecule has 1 aliphatic carbocycles. The number of fused-ring (bicyclic) bond motifs is 1. The lowest BCUT2D eigenvalue weighted by molar-refractivity contribution is -0.114. The van der Waals surface area contributed by atoms with E-state index in [9.17, 15) is 4.79 Å². The molecule has 0 saturated carbocycles. The molecule has 0 radical (unpaired) electrons. The number of ether oxygens (including phenoxy) is 1. The van der Waals surface area contributed by atoms with Crippen LogP contribution in [0.4, 0.5) is 0 Å². The number of ketones is 1. The zero-order chi connectivity index (χ0) is 11.0. The summed E-state index contributed by atoms with van der Waals surface area (Å²) in [7, 11) is 0. The van der Waals surface area contributed by atoms with Gasteiger partial charge in [0.15, 0.2) is 5.78 Å². The van der Waals surface area contributed by atoms with Gasteiger partial charge in [-0.1, -0.05) is 18.2 Å². The maximum absolute atomic E-state index is 11.8. The summed E-state index contributed by atoms with van der Waals surface area (Å²) in [5, 5.41) is 0. The van der Waals surface area contributed by atoms with Crippen molar-refractivity contribution in [2.24, 2.45) is 0 Å². The average Bonchev–Trinajstić information content (AvgIpc) is 2.76. The van der Waals surface area contributed by atoms with Gasteiger partial charge in [-0.25, -0.2) is 0 Å². The van der Waals surface area contributed by atoms with E-state index in [2.05, 4.69) is 12.1 Å². The number of benzene rings is 1. The van der Waals surface area contributed by atoms with Crippen LogP contribution in [0.1, 0.15) is 30.4 Å². The zero-order valence-corrected chi connectivity index (χ0v) is 9.16. The predicted molar refractivity (Wildman–Crippen MR) is 62.5 cm³/mol. The van der Waals surface area contributed by atoms with Crippen molar-refractivity contribution in [2.45, 2.75) is 25.7 Å².